The van der Waals surface area contributed by atoms with Crippen LogP contribution in [0.15, 0.2) is 42.7 Å². The first kappa shape index (κ1) is 24.1. The van der Waals surface area contributed by atoms with Crippen LogP contribution in [0.4, 0.5) is 16.0 Å². The van der Waals surface area contributed by atoms with Crippen molar-refractivity contribution in [3.8, 4) is 17.1 Å². The van der Waals surface area contributed by atoms with Crippen molar-refractivity contribution < 1.29 is 14.2 Å². The summed E-state index contributed by atoms with van der Waals surface area (Å²) in [5.74, 6) is 0.458. The standard InChI is InChI=1S/C26H30FN7O2/c1-3-18-12-19(14-21(13-18)36-11-10-33-8-6-20(35)7-9-33)30-26-29-15-22(27)25(31-26)23-16-28-24-5-4-17(2)32-34(23)24/h4-5,12-16,20,35H,3,6-11H2,1-2H3,(H,29,30,31). The molecule has 1 fully saturated rings. The van der Waals surface area contributed by atoms with Crippen LogP contribution in [0.2, 0.25) is 0 Å². The summed E-state index contributed by atoms with van der Waals surface area (Å²) in [6.45, 7) is 7.08. The molecule has 1 aliphatic rings. The lowest BCUT2D eigenvalue weighted by Crippen LogP contribution is -2.38. The Kier molecular flexibility index (Phi) is 7.06. The lowest BCUT2D eigenvalue weighted by atomic mass is 10.1. The zero-order valence-electron chi connectivity index (χ0n) is 20.5. The molecule has 188 valence electrons. The molecule has 3 aromatic heterocycles. The van der Waals surface area contributed by atoms with Crippen molar-refractivity contribution in [1.82, 2.24) is 29.5 Å². The summed E-state index contributed by atoms with van der Waals surface area (Å²) < 4.78 is 22.4. The summed E-state index contributed by atoms with van der Waals surface area (Å²) >= 11 is 0. The largest absolute Gasteiger partial charge is 0.492 e. The highest BCUT2D eigenvalue weighted by Gasteiger charge is 2.17. The van der Waals surface area contributed by atoms with Crippen molar-refractivity contribution in [2.45, 2.75) is 39.2 Å². The van der Waals surface area contributed by atoms with E-state index in [1.807, 2.05) is 37.3 Å². The molecular formula is C26H30FN7O2. The Balaban J connectivity index is 1.33. The fourth-order valence-electron chi connectivity index (χ4n) is 4.32. The third kappa shape index (κ3) is 5.44. The number of nitrogens with one attached hydrogen (secondary N) is 1. The monoisotopic (exact) mass is 491 g/mol. The summed E-state index contributed by atoms with van der Waals surface area (Å²) in [6.07, 6.45) is 4.98. The van der Waals surface area contributed by atoms with E-state index in [-0.39, 0.29) is 17.7 Å². The minimum absolute atomic E-state index is 0.118. The molecule has 0 atom stereocenters. The smallest absolute Gasteiger partial charge is 0.227 e. The van der Waals surface area contributed by atoms with Crippen LogP contribution in [0, 0.1) is 12.7 Å². The van der Waals surface area contributed by atoms with Gasteiger partial charge in [0.05, 0.1) is 24.2 Å². The van der Waals surface area contributed by atoms with E-state index in [0.29, 0.717) is 17.9 Å². The van der Waals surface area contributed by atoms with E-state index >= 15 is 0 Å². The topological polar surface area (TPSA) is 101 Å². The van der Waals surface area contributed by atoms with E-state index in [1.165, 1.54) is 0 Å². The first-order chi connectivity index (χ1) is 17.5. The number of likely N-dealkylation sites (tertiary alicyclic amines) is 1. The number of aliphatic hydroxyl groups is 1. The van der Waals surface area contributed by atoms with Crippen LogP contribution in [0.5, 0.6) is 5.75 Å². The van der Waals surface area contributed by atoms with E-state index in [4.69, 9.17) is 4.74 Å². The number of hydrogen-bond donors (Lipinski definition) is 2. The molecule has 10 heteroatoms. The molecule has 2 N–H and O–H groups in total. The van der Waals surface area contributed by atoms with Gasteiger partial charge in [0.2, 0.25) is 5.95 Å². The quantitative estimate of drug-likeness (QED) is 0.384. The Labute approximate surface area is 209 Å². The zero-order chi connectivity index (χ0) is 25.1. The second kappa shape index (κ2) is 10.5. The molecule has 4 aromatic rings. The lowest BCUT2D eigenvalue weighted by Gasteiger charge is -2.29. The van der Waals surface area contributed by atoms with Gasteiger partial charge in [0, 0.05) is 31.4 Å². The van der Waals surface area contributed by atoms with Crippen LogP contribution >= 0.6 is 0 Å². The van der Waals surface area contributed by atoms with Crippen molar-refractivity contribution in [2.75, 3.05) is 31.6 Å². The van der Waals surface area contributed by atoms with Crippen LogP contribution in [0.25, 0.3) is 17.0 Å². The highest BCUT2D eigenvalue weighted by atomic mass is 19.1. The van der Waals surface area contributed by atoms with Crippen molar-refractivity contribution in [2.24, 2.45) is 0 Å². The lowest BCUT2D eigenvalue weighted by molar-refractivity contribution is 0.0755. The summed E-state index contributed by atoms with van der Waals surface area (Å²) in [4.78, 5) is 15.2. The van der Waals surface area contributed by atoms with E-state index in [9.17, 15) is 9.50 Å². The summed E-state index contributed by atoms with van der Waals surface area (Å²) in [5, 5.41) is 17.3. The molecule has 1 aliphatic heterocycles. The maximum absolute atomic E-state index is 14.7. The van der Waals surface area contributed by atoms with Gasteiger partial charge in [0.15, 0.2) is 11.5 Å². The maximum Gasteiger partial charge on any atom is 0.227 e. The Hall–Kier alpha value is -3.63. The molecule has 0 bridgehead atoms. The SMILES string of the molecule is CCc1cc(Nc2ncc(F)c(-c3cnc4ccc(C)nn34)n2)cc(OCCN2CCC(O)CC2)c1. The Morgan fingerprint density at radius 2 is 1.97 bits per heavy atom. The van der Waals surface area contributed by atoms with Gasteiger partial charge in [-0.05, 0) is 56.0 Å². The third-order valence-corrected chi connectivity index (χ3v) is 6.35. The van der Waals surface area contributed by atoms with E-state index in [2.05, 4.69) is 37.2 Å². The van der Waals surface area contributed by atoms with Gasteiger partial charge in [-0.3, -0.25) is 4.90 Å². The van der Waals surface area contributed by atoms with Crippen molar-refractivity contribution in [3.05, 3.63) is 59.8 Å². The molecule has 1 aromatic carbocycles. The van der Waals surface area contributed by atoms with Crippen LogP contribution in [-0.2, 0) is 6.42 Å². The average Bonchev–Trinajstić information content (AvgIpc) is 3.29. The first-order valence-electron chi connectivity index (χ1n) is 12.3. The van der Waals surface area contributed by atoms with Crippen molar-refractivity contribution in [3.63, 3.8) is 0 Å². The zero-order valence-corrected chi connectivity index (χ0v) is 20.5. The number of halogens is 1. The third-order valence-electron chi connectivity index (χ3n) is 6.35. The van der Waals surface area contributed by atoms with Crippen LogP contribution in [-0.4, -0.2) is 66.9 Å². The normalized spacial score (nSPS) is 14.9. The minimum atomic E-state index is -0.554. The van der Waals surface area contributed by atoms with Gasteiger partial charge in [0.25, 0.3) is 0 Å². The maximum atomic E-state index is 14.7. The van der Waals surface area contributed by atoms with E-state index < -0.39 is 5.82 Å². The number of benzene rings is 1. The molecule has 9 nitrogen and oxygen atoms in total. The highest BCUT2D eigenvalue weighted by Crippen LogP contribution is 2.26. The molecule has 5 rings (SSSR count). The predicted octanol–water partition coefficient (Wildman–Crippen LogP) is 3.78. The van der Waals surface area contributed by atoms with Gasteiger partial charge in [-0.1, -0.05) is 6.92 Å². The first-order valence-corrected chi connectivity index (χ1v) is 12.3. The van der Waals surface area contributed by atoms with Gasteiger partial charge in [0.1, 0.15) is 23.7 Å². The Morgan fingerprint density at radius 1 is 1.14 bits per heavy atom. The van der Waals surface area contributed by atoms with Crippen LogP contribution in [0.3, 0.4) is 0 Å². The summed E-state index contributed by atoms with van der Waals surface area (Å²) in [6, 6.07) is 9.60. The number of aromatic nitrogens is 5. The number of nitrogens with zero attached hydrogens (tertiary/aromatic N) is 6. The Bertz CT molecular complexity index is 1350. The molecule has 0 spiro atoms. The number of ether oxygens (including phenoxy) is 1. The van der Waals surface area contributed by atoms with Gasteiger partial charge in [-0.2, -0.15) is 5.10 Å². The second-order valence-electron chi connectivity index (χ2n) is 9.04. The number of rotatable bonds is 8. The molecule has 36 heavy (non-hydrogen) atoms. The van der Waals surface area contributed by atoms with Crippen molar-refractivity contribution in [1.29, 1.82) is 0 Å². The van der Waals surface area contributed by atoms with Crippen molar-refractivity contribution >= 4 is 17.3 Å². The molecule has 0 radical (unpaired) electrons. The molecule has 0 saturated carbocycles. The number of aliphatic hydroxyl groups excluding tert-OH is 1. The van der Waals surface area contributed by atoms with Gasteiger partial charge in [-0.15, -0.1) is 0 Å². The van der Waals surface area contributed by atoms with Crippen LogP contribution in [0.1, 0.15) is 31.0 Å². The second-order valence-corrected chi connectivity index (χ2v) is 9.04. The molecule has 1 saturated heterocycles. The van der Waals surface area contributed by atoms with Gasteiger partial charge < -0.3 is 15.2 Å². The fourth-order valence-corrected chi connectivity index (χ4v) is 4.32. The minimum Gasteiger partial charge on any atom is -0.492 e. The number of fused-ring (bicyclic) bond motifs is 1. The summed E-state index contributed by atoms with van der Waals surface area (Å²) in [7, 11) is 0. The van der Waals surface area contributed by atoms with E-state index in [0.717, 1.165) is 67.8 Å². The number of anilines is 2. The number of imidazole rings is 1. The number of piperidine rings is 1. The fraction of sp³-hybridized carbons (Fsp3) is 0.385. The van der Waals surface area contributed by atoms with E-state index in [1.54, 1.807) is 10.7 Å². The predicted molar refractivity (Wildman–Crippen MR) is 135 cm³/mol. The molecule has 4 heterocycles. The average molecular weight is 492 g/mol. The summed E-state index contributed by atoms with van der Waals surface area (Å²) in [5.41, 5.74) is 3.83. The molecule has 0 aliphatic carbocycles. The molecular weight excluding hydrogens is 461 g/mol. The Morgan fingerprint density at radius 3 is 2.78 bits per heavy atom. The molecule has 0 amide bonds. The highest BCUT2D eigenvalue weighted by molar-refractivity contribution is 5.63. The number of aryl methyl sites for hydroxylation is 2. The molecule has 0 unspecified atom stereocenters. The van der Waals surface area contributed by atoms with Crippen LogP contribution < -0.4 is 10.1 Å². The van der Waals surface area contributed by atoms with Gasteiger partial charge >= 0.3 is 0 Å². The number of hydrogen-bond acceptors (Lipinski definition) is 8. The van der Waals surface area contributed by atoms with Gasteiger partial charge in [-0.25, -0.2) is 23.9 Å².